The number of hydrogen-bond donors (Lipinski definition) is 1. The Bertz CT molecular complexity index is 375. The molecule has 1 aromatic rings. The summed E-state index contributed by atoms with van der Waals surface area (Å²) in [5.74, 6) is -0.291. The van der Waals surface area contributed by atoms with Crippen LogP contribution in [-0.4, -0.2) is 27.5 Å². The number of fused-ring (bicyclic) bond motifs is 1. The second-order valence-electron chi connectivity index (χ2n) is 3.07. The van der Waals surface area contributed by atoms with Gasteiger partial charge in [0.25, 0.3) is 0 Å². The molecule has 0 atom stereocenters. The predicted octanol–water partition coefficient (Wildman–Crippen LogP) is 1.06. The van der Waals surface area contributed by atoms with Gasteiger partial charge in [-0.05, 0) is 15.9 Å². The predicted molar refractivity (Wildman–Crippen MR) is 51.4 cm³/mol. The highest BCUT2D eigenvalue weighted by molar-refractivity contribution is 9.10. The zero-order valence-electron chi connectivity index (χ0n) is 7.36. The fraction of sp³-hybridized carbons (Fsp3) is 0.500. The van der Waals surface area contributed by atoms with Gasteiger partial charge in [0.1, 0.15) is 4.60 Å². The summed E-state index contributed by atoms with van der Waals surface area (Å²) in [5.41, 5.74) is 0.622. The first-order valence-electron chi connectivity index (χ1n) is 4.28. The Morgan fingerprint density at radius 2 is 2.50 bits per heavy atom. The normalized spacial score (nSPS) is 14.6. The molecule has 1 aromatic heterocycles. The van der Waals surface area contributed by atoms with Gasteiger partial charge in [0.15, 0.2) is 0 Å². The van der Waals surface area contributed by atoms with Crippen LogP contribution in [0.3, 0.4) is 0 Å². The van der Waals surface area contributed by atoms with Crippen molar-refractivity contribution < 1.29 is 14.6 Å². The second kappa shape index (κ2) is 3.61. The minimum Gasteiger partial charge on any atom is -0.481 e. The minimum absolute atomic E-state index is 0.0596. The van der Waals surface area contributed by atoms with Gasteiger partial charge in [0.2, 0.25) is 5.88 Å². The molecule has 2 heterocycles. The highest BCUT2D eigenvalue weighted by Crippen LogP contribution is 2.29. The smallest absolute Gasteiger partial charge is 0.308 e. The third-order valence-corrected chi connectivity index (χ3v) is 2.67. The molecule has 1 aliphatic rings. The van der Waals surface area contributed by atoms with Crippen molar-refractivity contribution in [3.05, 3.63) is 10.2 Å². The third kappa shape index (κ3) is 1.61. The van der Waals surface area contributed by atoms with Crippen LogP contribution in [0.5, 0.6) is 5.88 Å². The number of carboxylic acids is 1. The number of aliphatic carboxylic acids is 1. The molecule has 0 unspecified atom stereocenters. The molecule has 0 aliphatic carbocycles. The summed E-state index contributed by atoms with van der Waals surface area (Å²) in [6.45, 7) is 1.41. The van der Waals surface area contributed by atoms with Crippen LogP contribution >= 0.6 is 15.9 Å². The van der Waals surface area contributed by atoms with Crippen LogP contribution in [0.1, 0.15) is 12.0 Å². The van der Waals surface area contributed by atoms with Crippen LogP contribution in [0.4, 0.5) is 0 Å². The Balaban J connectivity index is 2.37. The molecule has 0 spiro atoms. The van der Waals surface area contributed by atoms with Gasteiger partial charge in [-0.25, -0.2) is 4.68 Å². The highest BCUT2D eigenvalue weighted by atomic mass is 79.9. The van der Waals surface area contributed by atoms with Crippen molar-refractivity contribution in [3.63, 3.8) is 0 Å². The summed E-state index contributed by atoms with van der Waals surface area (Å²) in [7, 11) is 0. The molecule has 2 rings (SSSR count). The Kier molecular flexibility index (Phi) is 2.45. The molecule has 1 aliphatic heterocycles. The van der Waals surface area contributed by atoms with Crippen LogP contribution in [0.25, 0.3) is 0 Å². The second-order valence-corrected chi connectivity index (χ2v) is 3.82. The van der Waals surface area contributed by atoms with E-state index in [2.05, 4.69) is 21.0 Å². The fourth-order valence-electron chi connectivity index (χ4n) is 1.45. The first-order chi connectivity index (χ1) is 6.68. The van der Waals surface area contributed by atoms with Crippen molar-refractivity contribution in [2.75, 3.05) is 6.61 Å². The topological polar surface area (TPSA) is 64.3 Å². The number of aromatic nitrogens is 2. The quantitative estimate of drug-likeness (QED) is 0.864. The molecule has 5 nitrogen and oxygen atoms in total. The average Bonchev–Trinajstić information content (AvgIpc) is 2.43. The number of halogens is 1. The lowest BCUT2D eigenvalue weighted by Gasteiger charge is -2.15. The number of nitrogens with zero attached hydrogens (tertiary/aromatic N) is 2. The third-order valence-electron chi connectivity index (χ3n) is 2.03. The molecule has 0 saturated heterocycles. The van der Waals surface area contributed by atoms with Crippen LogP contribution in [0.15, 0.2) is 4.60 Å². The highest BCUT2D eigenvalue weighted by Gasteiger charge is 2.22. The number of carbonyl (C=O) groups is 1. The molecule has 76 valence electrons. The summed E-state index contributed by atoms with van der Waals surface area (Å²) >= 11 is 3.23. The van der Waals surface area contributed by atoms with E-state index in [1.807, 2.05) is 0 Å². The van der Waals surface area contributed by atoms with E-state index in [1.54, 1.807) is 4.68 Å². The van der Waals surface area contributed by atoms with E-state index in [0.29, 0.717) is 22.7 Å². The van der Waals surface area contributed by atoms with E-state index in [9.17, 15) is 4.79 Å². The molecule has 6 heteroatoms. The van der Waals surface area contributed by atoms with Gasteiger partial charge in [0.05, 0.1) is 18.6 Å². The van der Waals surface area contributed by atoms with Crippen LogP contribution in [-0.2, 0) is 17.8 Å². The largest absolute Gasteiger partial charge is 0.481 e. The summed E-state index contributed by atoms with van der Waals surface area (Å²) in [6, 6.07) is 0. The standard InChI is InChI=1S/C8H9BrN2O3/c9-7-5(4-6(12)13)8-11(10-7)2-1-3-14-8/h1-4H2,(H,12,13). The number of rotatable bonds is 2. The fourth-order valence-corrected chi connectivity index (χ4v) is 1.95. The zero-order chi connectivity index (χ0) is 10.1. The van der Waals surface area contributed by atoms with Crippen molar-refractivity contribution in [3.8, 4) is 5.88 Å². The van der Waals surface area contributed by atoms with E-state index in [-0.39, 0.29) is 6.42 Å². The molecule has 0 amide bonds. The molecular formula is C8H9BrN2O3. The molecule has 0 bridgehead atoms. The summed E-state index contributed by atoms with van der Waals surface area (Å²) in [5, 5.41) is 12.8. The van der Waals surface area contributed by atoms with Gasteiger partial charge in [0, 0.05) is 13.0 Å². The number of hydrogen-bond acceptors (Lipinski definition) is 3. The Morgan fingerprint density at radius 1 is 1.71 bits per heavy atom. The number of aryl methyl sites for hydroxylation is 1. The van der Waals surface area contributed by atoms with Crippen molar-refractivity contribution in [2.45, 2.75) is 19.4 Å². The van der Waals surface area contributed by atoms with Gasteiger partial charge in [-0.3, -0.25) is 4.79 Å². The maximum absolute atomic E-state index is 10.6. The van der Waals surface area contributed by atoms with Crippen molar-refractivity contribution in [1.82, 2.24) is 9.78 Å². The lowest BCUT2D eigenvalue weighted by molar-refractivity contribution is -0.136. The van der Waals surface area contributed by atoms with Gasteiger partial charge >= 0.3 is 5.97 Å². The Hall–Kier alpha value is -1.04. The van der Waals surface area contributed by atoms with E-state index in [0.717, 1.165) is 13.0 Å². The monoisotopic (exact) mass is 260 g/mol. The summed E-state index contributed by atoms with van der Waals surface area (Å²) < 4.78 is 7.65. The van der Waals surface area contributed by atoms with Gasteiger partial charge in [-0.1, -0.05) is 0 Å². The van der Waals surface area contributed by atoms with Crippen molar-refractivity contribution in [2.24, 2.45) is 0 Å². The molecule has 0 saturated carbocycles. The Labute approximate surface area is 88.8 Å². The van der Waals surface area contributed by atoms with Crippen LogP contribution < -0.4 is 4.74 Å². The van der Waals surface area contributed by atoms with Crippen LogP contribution in [0, 0.1) is 0 Å². The molecule has 1 N–H and O–H groups in total. The Morgan fingerprint density at radius 3 is 3.21 bits per heavy atom. The molecule has 0 fully saturated rings. The maximum Gasteiger partial charge on any atom is 0.308 e. The van der Waals surface area contributed by atoms with Gasteiger partial charge < -0.3 is 9.84 Å². The average molecular weight is 261 g/mol. The minimum atomic E-state index is -0.879. The van der Waals surface area contributed by atoms with Gasteiger partial charge in [-0.2, -0.15) is 5.10 Å². The maximum atomic E-state index is 10.6. The first kappa shape index (κ1) is 9.51. The van der Waals surface area contributed by atoms with Crippen molar-refractivity contribution >= 4 is 21.9 Å². The van der Waals surface area contributed by atoms with E-state index < -0.39 is 5.97 Å². The number of carboxylic acid groups (broad SMARTS) is 1. The van der Waals surface area contributed by atoms with Gasteiger partial charge in [-0.15, -0.1) is 0 Å². The number of ether oxygens (including phenoxy) is 1. The SMILES string of the molecule is O=C(O)Cc1c(Br)nn2c1OCCC2. The van der Waals surface area contributed by atoms with E-state index in [4.69, 9.17) is 9.84 Å². The lowest BCUT2D eigenvalue weighted by Crippen LogP contribution is -2.15. The lowest BCUT2D eigenvalue weighted by atomic mass is 10.2. The van der Waals surface area contributed by atoms with Crippen molar-refractivity contribution in [1.29, 1.82) is 0 Å². The van der Waals surface area contributed by atoms with E-state index in [1.165, 1.54) is 0 Å². The summed E-state index contributed by atoms with van der Waals surface area (Å²) in [4.78, 5) is 10.6. The zero-order valence-corrected chi connectivity index (χ0v) is 8.95. The summed E-state index contributed by atoms with van der Waals surface area (Å²) in [6.07, 6.45) is 0.851. The molecule has 0 radical (unpaired) electrons. The molecule has 0 aromatic carbocycles. The van der Waals surface area contributed by atoms with E-state index >= 15 is 0 Å². The molecular weight excluding hydrogens is 252 g/mol. The molecule has 14 heavy (non-hydrogen) atoms. The first-order valence-corrected chi connectivity index (χ1v) is 5.07. The van der Waals surface area contributed by atoms with Crippen LogP contribution in [0.2, 0.25) is 0 Å².